The Kier molecular flexibility index (Phi) is 6.01. The van der Waals surface area contributed by atoms with Gasteiger partial charge in [0, 0.05) is 48.1 Å². The van der Waals surface area contributed by atoms with E-state index in [1.54, 1.807) is 0 Å². The molecule has 2 aromatic heterocycles. The van der Waals surface area contributed by atoms with Crippen molar-refractivity contribution in [3.05, 3.63) is 65.6 Å². The number of nitrogens with one attached hydrogen (secondary N) is 2. The van der Waals surface area contributed by atoms with Crippen LogP contribution >= 0.6 is 0 Å². The van der Waals surface area contributed by atoms with Crippen molar-refractivity contribution < 1.29 is 4.79 Å². The van der Waals surface area contributed by atoms with Gasteiger partial charge in [0.05, 0.1) is 6.04 Å². The van der Waals surface area contributed by atoms with Gasteiger partial charge in [-0.05, 0) is 66.5 Å². The van der Waals surface area contributed by atoms with Crippen LogP contribution in [0.25, 0.3) is 10.9 Å². The third-order valence-electron chi connectivity index (χ3n) is 7.05. The van der Waals surface area contributed by atoms with Gasteiger partial charge < -0.3 is 9.88 Å². The zero-order chi connectivity index (χ0) is 22.1. The molecule has 1 amide bonds. The Morgan fingerprint density at radius 1 is 1.19 bits per heavy atom. The summed E-state index contributed by atoms with van der Waals surface area (Å²) in [6.45, 7) is 5.33. The average molecular weight is 431 g/mol. The van der Waals surface area contributed by atoms with E-state index in [4.69, 9.17) is 0 Å². The highest BCUT2D eigenvalue weighted by atomic mass is 16.2. The van der Waals surface area contributed by atoms with Gasteiger partial charge in [-0.15, -0.1) is 0 Å². The molecule has 1 saturated carbocycles. The van der Waals surface area contributed by atoms with E-state index in [1.807, 2.05) is 12.4 Å². The molecule has 0 radical (unpaired) electrons. The molecule has 1 aliphatic heterocycles. The van der Waals surface area contributed by atoms with Crippen molar-refractivity contribution in [1.82, 2.24) is 20.2 Å². The van der Waals surface area contributed by atoms with E-state index in [9.17, 15) is 4.79 Å². The van der Waals surface area contributed by atoms with Crippen LogP contribution in [0.5, 0.6) is 0 Å². The van der Waals surface area contributed by atoms with Gasteiger partial charge in [0.25, 0.3) is 0 Å². The van der Waals surface area contributed by atoms with Crippen molar-refractivity contribution in [2.24, 2.45) is 5.92 Å². The number of hydrogen-bond acceptors (Lipinski definition) is 3. The fraction of sp³-hybridized carbons (Fsp3) is 0.481. The van der Waals surface area contributed by atoms with Gasteiger partial charge in [0.1, 0.15) is 0 Å². The molecular weight excluding hydrogens is 396 g/mol. The van der Waals surface area contributed by atoms with Crippen molar-refractivity contribution in [3.8, 4) is 0 Å². The molecule has 2 aliphatic rings. The lowest BCUT2D eigenvalue weighted by Crippen LogP contribution is -2.49. The second-order valence-corrected chi connectivity index (χ2v) is 9.97. The molecule has 0 saturated heterocycles. The summed E-state index contributed by atoms with van der Waals surface area (Å²) < 4.78 is 2.34. The molecule has 2 atom stereocenters. The second kappa shape index (κ2) is 9.07. The van der Waals surface area contributed by atoms with Crippen LogP contribution in [-0.4, -0.2) is 27.5 Å². The summed E-state index contributed by atoms with van der Waals surface area (Å²) in [5.74, 6) is 0.704. The van der Waals surface area contributed by atoms with Crippen LogP contribution in [0.4, 0.5) is 0 Å². The smallest absolute Gasteiger partial charge is 0.237 e. The highest BCUT2D eigenvalue weighted by Crippen LogP contribution is 2.36. The second-order valence-electron chi connectivity index (χ2n) is 9.97. The number of hydrogen-bond donors (Lipinski definition) is 2. The topological polar surface area (TPSA) is 59.0 Å². The Labute approximate surface area is 190 Å². The zero-order valence-corrected chi connectivity index (χ0v) is 19.2. The summed E-state index contributed by atoms with van der Waals surface area (Å²) in [5, 5.41) is 8.42. The molecule has 32 heavy (non-hydrogen) atoms. The summed E-state index contributed by atoms with van der Waals surface area (Å²) in [5.41, 5.74) is 5.09. The van der Waals surface area contributed by atoms with Crippen LogP contribution in [0.3, 0.4) is 0 Å². The molecule has 0 unspecified atom stereocenters. The number of benzene rings is 1. The molecule has 1 aliphatic carbocycles. The molecule has 3 heterocycles. The summed E-state index contributed by atoms with van der Waals surface area (Å²) >= 11 is 0. The minimum Gasteiger partial charge on any atom is -0.352 e. The number of nitrogens with zero attached hydrogens (tertiary/aromatic N) is 2. The van der Waals surface area contributed by atoms with Crippen LogP contribution in [0, 0.1) is 5.92 Å². The largest absolute Gasteiger partial charge is 0.352 e. The lowest BCUT2D eigenvalue weighted by molar-refractivity contribution is -0.124. The zero-order valence-electron chi connectivity index (χ0n) is 19.2. The Hall–Kier alpha value is -2.66. The third kappa shape index (κ3) is 4.31. The maximum Gasteiger partial charge on any atom is 0.237 e. The summed E-state index contributed by atoms with van der Waals surface area (Å²) in [6, 6.07) is 11.1. The first kappa shape index (κ1) is 21.2. The first-order valence-corrected chi connectivity index (χ1v) is 12.1. The van der Waals surface area contributed by atoms with Gasteiger partial charge in [-0.1, -0.05) is 38.8 Å². The molecule has 168 valence electrons. The Bertz CT molecular complexity index is 1080. The van der Waals surface area contributed by atoms with E-state index >= 15 is 0 Å². The van der Waals surface area contributed by atoms with Crippen LogP contribution in [0.2, 0.25) is 0 Å². The molecule has 1 fully saturated rings. The highest BCUT2D eigenvalue weighted by molar-refractivity contribution is 5.90. The number of carbonyl (C=O) groups is 1. The molecule has 5 rings (SSSR count). The van der Waals surface area contributed by atoms with E-state index in [0.29, 0.717) is 12.0 Å². The number of amides is 1. The average Bonchev–Trinajstić information content (AvgIpc) is 3.37. The van der Waals surface area contributed by atoms with Crippen molar-refractivity contribution in [2.75, 3.05) is 0 Å². The molecule has 0 spiro atoms. The first-order chi connectivity index (χ1) is 15.6. The monoisotopic (exact) mass is 430 g/mol. The van der Waals surface area contributed by atoms with Gasteiger partial charge >= 0.3 is 0 Å². The molecule has 1 aromatic carbocycles. The van der Waals surface area contributed by atoms with E-state index in [0.717, 1.165) is 32.2 Å². The van der Waals surface area contributed by atoms with E-state index in [2.05, 4.69) is 70.6 Å². The lowest BCUT2D eigenvalue weighted by atomic mass is 9.94. The van der Waals surface area contributed by atoms with Crippen LogP contribution in [-0.2, 0) is 17.8 Å². The molecule has 5 heteroatoms. The number of aromatic nitrogens is 2. The Balaban J connectivity index is 1.52. The summed E-state index contributed by atoms with van der Waals surface area (Å²) in [4.78, 5) is 17.5. The number of carbonyl (C=O) groups excluding carboxylic acids is 1. The predicted molar refractivity (Wildman–Crippen MR) is 128 cm³/mol. The highest BCUT2D eigenvalue weighted by Gasteiger charge is 2.32. The molecule has 3 aromatic rings. The van der Waals surface area contributed by atoms with Gasteiger partial charge in [-0.2, -0.15) is 0 Å². The van der Waals surface area contributed by atoms with E-state index in [1.165, 1.54) is 40.4 Å². The summed E-state index contributed by atoms with van der Waals surface area (Å²) in [7, 11) is 0. The van der Waals surface area contributed by atoms with Gasteiger partial charge in [0.2, 0.25) is 5.91 Å². The van der Waals surface area contributed by atoms with Crippen molar-refractivity contribution in [1.29, 1.82) is 0 Å². The van der Waals surface area contributed by atoms with Gasteiger partial charge in [-0.25, -0.2) is 0 Å². The maximum atomic E-state index is 13.3. The lowest BCUT2D eigenvalue weighted by Gasteiger charge is -2.26. The third-order valence-corrected chi connectivity index (χ3v) is 7.05. The summed E-state index contributed by atoms with van der Waals surface area (Å²) in [6.07, 6.45) is 12.4. The van der Waals surface area contributed by atoms with E-state index < -0.39 is 0 Å². The van der Waals surface area contributed by atoms with Crippen molar-refractivity contribution in [3.63, 3.8) is 0 Å². The minimum atomic E-state index is -0.202. The fourth-order valence-corrected chi connectivity index (χ4v) is 5.55. The molecule has 5 nitrogen and oxygen atoms in total. The Morgan fingerprint density at radius 3 is 2.72 bits per heavy atom. The minimum absolute atomic E-state index is 0.161. The molecule has 2 N–H and O–H groups in total. The SMILES string of the molecule is CC(C)C[C@@H]1N[C@H](C(=O)NC2CCCC2)Cc2cn(Cc3ccncc3)c3cccc1c23. The maximum absolute atomic E-state index is 13.3. The van der Waals surface area contributed by atoms with Crippen molar-refractivity contribution >= 4 is 16.8 Å². The molecule has 0 bridgehead atoms. The van der Waals surface area contributed by atoms with Crippen LogP contribution < -0.4 is 10.6 Å². The normalized spacial score (nSPS) is 21.2. The number of rotatable bonds is 6. The standard InChI is InChI=1S/C27H34N4O/c1-18(2)14-23-22-8-5-9-25-26(22)20(17-31(25)16-19-10-12-28-13-11-19)15-24(30-23)27(32)29-21-6-3-4-7-21/h5,8-13,17-18,21,23-24,30H,3-4,6-7,14-16H2,1-2H3,(H,29,32)/t23-,24-/m0/s1. The van der Waals surface area contributed by atoms with Crippen molar-refractivity contribution in [2.45, 2.75) is 77.0 Å². The molecular formula is C27H34N4O. The van der Waals surface area contributed by atoms with Crippen LogP contribution in [0.1, 0.15) is 68.7 Å². The van der Waals surface area contributed by atoms with E-state index in [-0.39, 0.29) is 18.0 Å². The van der Waals surface area contributed by atoms with Gasteiger partial charge in [0.15, 0.2) is 0 Å². The Morgan fingerprint density at radius 2 is 1.97 bits per heavy atom. The number of pyridine rings is 1. The van der Waals surface area contributed by atoms with Gasteiger partial charge in [-0.3, -0.25) is 15.1 Å². The fourth-order valence-electron chi connectivity index (χ4n) is 5.55. The first-order valence-electron chi connectivity index (χ1n) is 12.1. The quantitative estimate of drug-likeness (QED) is 0.594. The van der Waals surface area contributed by atoms with Crippen LogP contribution in [0.15, 0.2) is 48.9 Å². The predicted octanol–water partition coefficient (Wildman–Crippen LogP) is 4.74.